The van der Waals surface area contributed by atoms with Gasteiger partial charge in [-0.3, -0.25) is 9.59 Å². The van der Waals surface area contributed by atoms with Crippen LogP contribution in [-0.2, 0) is 28.9 Å². The van der Waals surface area contributed by atoms with E-state index in [9.17, 15) is 9.59 Å². The monoisotopic (exact) mass is 350 g/mol. The molecule has 0 saturated heterocycles. The van der Waals surface area contributed by atoms with E-state index in [4.69, 9.17) is 0 Å². The highest BCUT2D eigenvalue weighted by Gasteiger charge is 2.14. The zero-order valence-electron chi connectivity index (χ0n) is 15.3. The predicted molar refractivity (Wildman–Crippen MR) is 103 cm³/mol. The van der Waals surface area contributed by atoms with Crippen LogP contribution in [0, 0.1) is 0 Å². The number of benzene rings is 2. The molecule has 0 spiro atoms. The maximum Gasteiger partial charge on any atom is 0.239 e. The normalized spacial score (nSPS) is 14.2. The van der Waals surface area contributed by atoms with Gasteiger partial charge in [-0.05, 0) is 54.9 Å². The number of fused-ring (bicyclic) bond motifs is 1. The standard InChI is InChI=1S/C22H26N2O2/c1-16(19-12-11-18-9-5-6-10-20(18)14-19)24-22(26)15-23-21(25)13-17-7-3-2-4-8-17/h2-4,7-8,11-12,14,16H,5-6,9-10,13,15H2,1H3,(H,23,25)(H,24,26). The SMILES string of the molecule is CC(NC(=O)CNC(=O)Cc1ccccc1)c1ccc2c(c1)CCCC2. The summed E-state index contributed by atoms with van der Waals surface area (Å²) in [5.41, 5.74) is 4.90. The lowest BCUT2D eigenvalue weighted by Gasteiger charge is -2.20. The molecule has 1 unspecified atom stereocenters. The molecule has 0 aliphatic heterocycles. The number of hydrogen-bond donors (Lipinski definition) is 2. The van der Waals surface area contributed by atoms with E-state index in [-0.39, 0.29) is 30.8 Å². The largest absolute Gasteiger partial charge is 0.348 e. The fourth-order valence-corrected chi connectivity index (χ4v) is 3.42. The Morgan fingerprint density at radius 3 is 2.46 bits per heavy atom. The van der Waals surface area contributed by atoms with E-state index in [0.717, 1.165) is 24.0 Å². The predicted octanol–water partition coefficient (Wildman–Crippen LogP) is 3.10. The van der Waals surface area contributed by atoms with Gasteiger partial charge in [0.1, 0.15) is 0 Å². The van der Waals surface area contributed by atoms with Crippen molar-refractivity contribution in [2.45, 2.75) is 45.1 Å². The van der Waals surface area contributed by atoms with E-state index < -0.39 is 0 Å². The van der Waals surface area contributed by atoms with Crippen LogP contribution in [0.2, 0.25) is 0 Å². The Labute approximate surface area is 155 Å². The Kier molecular flexibility index (Phi) is 6.05. The Bertz CT molecular complexity index is 771. The lowest BCUT2D eigenvalue weighted by Crippen LogP contribution is -2.38. The van der Waals surface area contributed by atoms with Gasteiger partial charge in [0, 0.05) is 0 Å². The minimum atomic E-state index is -0.170. The molecule has 0 radical (unpaired) electrons. The van der Waals surface area contributed by atoms with Gasteiger partial charge in [-0.2, -0.15) is 0 Å². The van der Waals surface area contributed by atoms with Gasteiger partial charge in [0.2, 0.25) is 11.8 Å². The second kappa shape index (κ2) is 8.65. The molecule has 4 heteroatoms. The van der Waals surface area contributed by atoms with Gasteiger partial charge in [0.15, 0.2) is 0 Å². The smallest absolute Gasteiger partial charge is 0.239 e. The molecular weight excluding hydrogens is 324 g/mol. The van der Waals surface area contributed by atoms with E-state index in [1.807, 2.05) is 37.3 Å². The van der Waals surface area contributed by atoms with Crippen molar-refractivity contribution in [1.82, 2.24) is 10.6 Å². The summed E-state index contributed by atoms with van der Waals surface area (Å²) in [7, 11) is 0. The molecule has 2 N–H and O–H groups in total. The summed E-state index contributed by atoms with van der Waals surface area (Å²) in [5.74, 6) is -0.315. The molecule has 2 amide bonds. The maximum absolute atomic E-state index is 12.1. The highest BCUT2D eigenvalue weighted by molar-refractivity contribution is 5.85. The van der Waals surface area contributed by atoms with Crippen LogP contribution in [-0.4, -0.2) is 18.4 Å². The number of rotatable bonds is 6. The highest BCUT2D eigenvalue weighted by Crippen LogP contribution is 2.24. The number of nitrogens with one attached hydrogen (secondary N) is 2. The zero-order chi connectivity index (χ0) is 18.4. The van der Waals surface area contributed by atoms with Crippen molar-refractivity contribution in [3.63, 3.8) is 0 Å². The van der Waals surface area contributed by atoms with Gasteiger partial charge in [-0.25, -0.2) is 0 Å². The van der Waals surface area contributed by atoms with Crippen LogP contribution in [0.15, 0.2) is 48.5 Å². The van der Waals surface area contributed by atoms with Gasteiger partial charge in [0.25, 0.3) is 0 Å². The molecule has 0 aromatic heterocycles. The van der Waals surface area contributed by atoms with E-state index in [1.54, 1.807) is 0 Å². The molecule has 1 atom stereocenters. The van der Waals surface area contributed by atoms with Crippen LogP contribution in [0.3, 0.4) is 0 Å². The molecule has 0 bridgehead atoms. The third kappa shape index (κ3) is 4.94. The average Bonchev–Trinajstić information content (AvgIpc) is 2.67. The lowest BCUT2D eigenvalue weighted by molar-refractivity contribution is -0.126. The number of amides is 2. The molecule has 1 aliphatic carbocycles. The number of carbonyl (C=O) groups is 2. The summed E-state index contributed by atoms with van der Waals surface area (Å²) < 4.78 is 0. The third-order valence-corrected chi connectivity index (χ3v) is 4.90. The van der Waals surface area contributed by atoms with Crippen LogP contribution >= 0.6 is 0 Å². The Hall–Kier alpha value is -2.62. The maximum atomic E-state index is 12.1. The lowest BCUT2D eigenvalue weighted by atomic mass is 9.89. The Morgan fingerprint density at radius 1 is 0.962 bits per heavy atom. The minimum absolute atomic E-state index is 0.000940. The fourth-order valence-electron chi connectivity index (χ4n) is 3.42. The van der Waals surface area contributed by atoms with Gasteiger partial charge in [-0.1, -0.05) is 48.5 Å². The summed E-state index contributed by atoms with van der Waals surface area (Å²) in [6.45, 7) is 1.98. The van der Waals surface area contributed by atoms with Crippen LogP contribution in [0.5, 0.6) is 0 Å². The van der Waals surface area contributed by atoms with E-state index in [0.29, 0.717) is 0 Å². The fraction of sp³-hybridized carbons (Fsp3) is 0.364. The third-order valence-electron chi connectivity index (χ3n) is 4.90. The van der Waals surface area contributed by atoms with Gasteiger partial charge in [0.05, 0.1) is 19.0 Å². The van der Waals surface area contributed by atoms with Crippen LogP contribution in [0.4, 0.5) is 0 Å². The van der Waals surface area contributed by atoms with Crippen LogP contribution in [0.1, 0.15) is 48.1 Å². The molecule has 0 saturated carbocycles. The summed E-state index contributed by atoms with van der Waals surface area (Å²) in [5, 5.41) is 5.66. The number of carbonyl (C=O) groups excluding carboxylic acids is 2. The number of aryl methyl sites for hydroxylation is 2. The van der Waals surface area contributed by atoms with Crippen molar-refractivity contribution >= 4 is 11.8 Å². The topological polar surface area (TPSA) is 58.2 Å². The van der Waals surface area contributed by atoms with Gasteiger partial charge < -0.3 is 10.6 Å². The van der Waals surface area contributed by atoms with Crippen molar-refractivity contribution < 1.29 is 9.59 Å². The number of hydrogen-bond acceptors (Lipinski definition) is 2. The molecule has 0 heterocycles. The van der Waals surface area contributed by atoms with Gasteiger partial charge >= 0.3 is 0 Å². The van der Waals surface area contributed by atoms with Gasteiger partial charge in [-0.15, -0.1) is 0 Å². The minimum Gasteiger partial charge on any atom is -0.348 e. The second-order valence-corrected chi connectivity index (χ2v) is 6.96. The first kappa shape index (κ1) is 18.2. The van der Waals surface area contributed by atoms with E-state index in [1.165, 1.54) is 24.0 Å². The second-order valence-electron chi connectivity index (χ2n) is 6.96. The molecule has 26 heavy (non-hydrogen) atoms. The highest BCUT2D eigenvalue weighted by atomic mass is 16.2. The van der Waals surface area contributed by atoms with Crippen LogP contribution < -0.4 is 10.6 Å². The molecule has 136 valence electrons. The van der Waals surface area contributed by atoms with Crippen molar-refractivity contribution in [1.29, 1.82) is 0 Å². The molecule has 2 aromatic carbocycles. The quantitative estimate of drug-likeness (QED) is 0.841. The van der Waals surface area contributed by atoms with Crippen molar-refractivity contribution in [2.75, 3.05) is 6.54 Å². The first-order chi connectivity index (χ1) is 12.6. The average molecular weight is 350 g/mol. The van der Waals surface area contributed by atoms with E-state index >= 15 is 0 Å². The van der Waals surface area contributed by atoms with E-state index in [2.05, 4.69) is 28.8 Å². The molecule has 4 nitrogen and oxygen atoms in total. The van der Waals surface area contributed by atoms with Crippen molar-refractivity contribution in [3.8, 4) is 0 Å². The molecule has 3 rings (SSSR count). The summed E-state index contributed by atoms with van der Waals surface area (Å²) in [6, 6.07) is 15.9. The summed E-state index contributed by atoms with van der Waals surface area (Å²) in [4.78, 5) is 24.1. The molecule has 0 fully saturated rings. The molecule has 2 aromatic rings. The Balaban J connectivity index is 1.47. The van der Waals surface area contributed by atoms with Crippen molar-refractivity contribution in [2.24, 2.45) is 0 Å². The summed E-state index contributed by atoms with van der Waals surface area (Å²) >= 11 is 0. The molecule has 1 aliphatic rings. The summed E-state index contributed by atoms with van der Waals surface area (Å²) in [6.07, 6.45) is 5.07. The molecular formula is C22H26N2O2. The van der Waals surface area contributed by atoms with Crippen LogP contribution in [0.25, 0.3) is 0 Å². The van der Waals surface area contributed by atoms with Crippen molar-refractivity contribution in [3.05, 3.63) is 70.8 Å². The zero-order valence-corrected chi connectivity index (χ0v) is 15.3. The first-order valence-corrected chi connectivity index (χ1v) is 9.33. The Morgan fingerprint density at radius 2 is 1.69 bits per heavy atom. The first-order valence-electron chi connectivity index (χ1n) is 9.33.